The van der Waals surface area contributed by atoms with Gasteiger partial charge in [0.25, 0.3) is 0 Å². The van der Waals surface area contributed by atoms with E-state index in [0.29, 0.717) is 5.75 Å². The van der Waals surface area contributed by atoms with Gasteiger partial charge in [-0.1, -0.05) is 13.0 Å². The molecule has 0 saturated carbocycles. The van der Waals surface area contributed by atoms with Gasteiger partial charge in [-0.05, 0) is 24.0 Å². The number of hydrogen-bond donors (Lipinski definition) is 2. The quantitative estimate of drug-likeness (QED) is 0.732. The average Bonchev–Trinajstić information content (AvgIpc) is 2.16. The Labute approximate surface area is 82.6 Å². The minimum atomic E-state index is 0.0850. The summed E-state index contributed by atoms with van der Waals surface area (Å²) in [5.41, 5.74) is 0.970. The second-order valence-electron chi connectivity index (χ2n) is 3.01. The molecule has 1 unspecified atom stereocenters. The SMILES string of the molecule is CSc1ccc(C(C)CO)cc1O. The van der Waals surface area contributed by atoms with E-state index in [2.05, 4.69) is 0 Å². The number of aliphatic hydroxyl groups is 1. The molecule has 0 radical (unpaired) electrons. The smallest absolute Gasteiger partial charge is 0.129 e. The minimum absolute atomic E-state index is 0.0850. The van der Waals surface area contributed by atoms with Crippen LogP contribution in [0.4, 0.5) is 0 Å². The Morgan fingerprint density at radius 1 is 1.46 bits per heavy atom. The van der Waals surface area contributed by atoms with E-state index >= 15 is 0 Å². The van der Waals surface area contributed by atoms with Gasteiger partial charge in [-0.2, -0.15) is 0 Å². The first-order valence-electron chi connectivity index (χ1n) is 4.16. The van der Waals surface area contributed by atoms with Crippen LogP contribution in [0.15, 0.2) is 23.1 Å². The highest BCUT2D eigenvalue weighted by Gasteiger charge is 2.06. The van der Waals surface area contributed by atoms with Crippen LogP contribution in [0.1, 0.15) is 18.4 Å². The molecule has 1 atom stereocenters. The van der Waals surface area contributed by atoms with Crippen LogP contribution in [0.5, 0.6) is 5.75 Å². The zero-order valence-electron chi connectivity index (χ0n) is 7.82. The fraction of sp³-hybridized carbons (Fsp3) is 0.400. The van der Waals surface area contributed by atoms with Gasteiger partial charge in [0.2, 0.25) is 0 Å². The van der Waals surface area contributed by atoms with Crippen LogP contribution in [0.2, 0.25) is 0 Å². The molecule has 0 aliphatic carbocycles. The number of phenolic OH excluding ortho intramolecular Hbond substituents is 1. The fourth-order valence-electron chi connectivity index (χ4n) is 1.12. The van der Waals surface area contributed by atoms with E-state index in [1.165, 1.54) is 11.8 Å². The van der Waals surface area contributed by atoms with Gasteiger partial charge in [-0.15, -0.1) is 11.8 Å². The molecule has 0 bridgehead atoms. The summed E-state index contributed by atoms with van der Waals surface area (Å²) in [6, 6.07) is 5.53. The standard InChI is InChI=1S/C10H14O2S/c1-7(6-11)8-3-4-10(13-2)9(12)5-8/h3-5,7,11-12H,6H2,1-2H3. The molecule has 0 aromatic heterocycles. The van der Waals surface area contributed by atoms with Crippen LogP contribution in [-0.4, -0.2) is 23.1 Å². The average molecular weight is 198 g/mol. The third-order valence-electron chi connectivity index (χ3n) is 2.05. The summed E-state index contributed by atoms with van der Waals surface area (Å²) in [4.78, 5) is 0.869. The Morgan fingerprint density at radius 3 is 2.62 bits per heavy atom. The van der Waals surface area contributed by atoms with E-state index in [-0.39, 0.29) is 12.5 Å². The Bertz CT molecular complexity index is 286. The maximum absolute atomic E-state index is 9.53. The minimum Gasteiger partial charge on any atom is -0.507 e. The lowest BCUT2D eigenvalue weighted by Gasteiger charge is -2.09. The number of rotatable bonds is 3. The number of benzene rings is 1. The van der Waals surface area contributed by atoms with Gasteiger partial charge in [0.05, 0.1) is 0 Å². The number of phenols is 1. The summed E-state index contributed by atoms with van der Waals surface area (Å²) in [6.07, 6.45) is 1.92. The van der Waals surface area contributed by atoms with Gasteiger partial charge in [0.1, 0.15) is 5.75 Å². The predicted molar refractivity (Wildman–Crippen MR) is 55.4 cm³/mol. The molecule has 13 heavy (non-hydrogen) atoms. The molecule has 0 heterocycles. The van der Waals surface area contributed by atoms with E-state index in [0.717, 1.165) is 10.5 Å². The monoisotopic (exact) mass is 198 g/mol. The Balaban J connectivity index is 2.95. The van der Waals surface area contributed by atoms with Gasteiger partial charge in [0, 0.05) is 17.4 Å². The summed E-state index contributed by atoms with van der Waals surface area (Å²) in [7, 11) is 0. The third kappa shape index (κ3) is 2.39. The molecule has 0 aliphatic heterocycles. The Hall–Kier alpha value is -0.670. The van der Waals surface area contributed by atoms with Gasteiger partial charge in [-0.3, -0.25) is 0 Å². The van der Waals surface area contributed by atoms with Crippen molar-refractivity contribution in [3.63, 3.8) is 0 Å². The number of hydrogen-bond acceptors (Lipinski definition) is 3. The van der Waals surface area contributed by atoms with Crippen molar-refractivity contribution in [3.05, 3.63) is 23.8 Å². The first kappa shape index (κ1) is 10.4. The van der Waals surface area contributed by atoms with Crippen molar-refractivity contribution in [1.29, 1.82) is 0 Å². The molecule has 1 aromatic carbocycles. The van der Waals surface area contributed by atoms with Crippen LogP contribution in [-0.2, 0) is 0 Å². The van der Waals surface area contributed by atoms with Gasteiger partial charge in [-0.25, -0.2) is 0 Å². The van der Waals surface area contributed by atoms with Crippen LogP contribution in [0, 0.1) is 0 Å². The van der Waals surface area contributed by atoms with Crippen LogP contribution in [0.25, 0.3) is 0 Å². The van der Waals surface area contributed by atoms with Crippen molar-refractivity contribution >= 4 is 11.8 Å². The fourth-order valence-corrected chi connectivity index (χ4v) is 1.59. The summed E-state index contributed by atoms with van der Waals surface area (Å²) in [6.45, 7) is 2.03. The molecule has 0 saturated heterocycles. The van der Waals surface area contributed by atoms with Crippen molar-refractivity contribution < 1.29 is 10.2 Å². The molecule has 2 nitrogen and oxygen atoms in total. The molecule has 2 N–H and O–H groups in total. The summed E-state index contributed by atoms with van der Waals surface area (Å²) in [5.74, 6) is 0.382. The van der Waals surface area contributed by atoms with E-state index in [1.54, 1.807) is 6.07 Å². The maximum atomic E-state index is 9.53. The first-order chi connectivity index (χ1) is 6.19. The molecule has 0 aliphatic rings. The number of thioether (sulfide) groups is 1. The van der Waals surface area contributed by atoms with Crippen molar-refractivity contribution in [1.82, 2.24) is 0 Å². The van der Waals surface area contributed by atoms with Crippen LogP contribution < -0.4 is 0 Å². The van der Waals surface area contributed by atoms with E-state index in [9.17, 15) is 5.11 Å². The zero-order chi connectivity index (χ0) is 9.84. The van der Waals surface area contributed by atoms with Gasteiger partial charge in [0.15, 0.2) is 0 Å². The highest BCUT2D eigenvalue weighted by Crippen LogP contribution is 2.29. The summed E-state index contributed by atoms with van der Waals surface area (Å²) < 4.78 is 0. The zero-order valence-corrected chi connectivity index (χ0v) is 8.64. The second kappa shape index (κ2) is 4.53. The summed E-state index contributed by atoms with van der Waals surface area (Å²) >= 11 is 1.51. The first-order valence-corrected chi connectivity index (χ1v) is 5.39. The van der Waals surface area contributed by atoms with Crippen LogP contribution >= 0.6 is 11.8 Å². The van der Waals surface area contributed by atoms with Gasteiger partial charge >= 0.3 is 0 Å². The highest BCUT2D eigenvalue weighted by atomic mass is 32.2. The molecule has 0 spiro atoms. The number of aromatic hydroxyl groups is 1. The van der Waals surface area contributed by atoms with E-state index in [1.807, 2.05) is 25.3 Å². The number of aliphatic hydroxyl groups excluding tert-OH is 1. The largest absolute Gasteiger partial charge is 0.507 e. The van der Waals surface area contributed by atoms with Crippen molar-refractivity contribution in [2.24, 2.45) is 0 Å². The van der Waals surface area contributed by atoms with E-state index < -0.39 is 0 Å². The molecule has 0 fully saturated rings. The lowest BCUT2D eigenvalue weighted by atomic mass is 10.0. The molecule has 3 heteroatoms. The van der Waals surface area contributed by atoms with Crippen molar-refractivity contribution in [2.45, 2.75) is 17.7 Å². The normalized spacial score (nSPS) is 12.8. The molecular formula is C10H14O2S. The Morgan fingerprint density at radius 2 is 2.15 bits per heavy atom. The Kier molecular flexibility index (Phi) is 3.63. The molecule has 1 rings (SSSR count). The predicted octanol–water partition coefficient (Wildman–Crippen LogP) is 2.21. The molecular weight excluding hydrogens is 184 g/mol. The molecule has 72 valence electrons. The highest BCUT2D eigenvalue weighted by molar-refractivity contribution is 7.98. The van der Waals surface area contributed by atoms with Gasteiger partial charge < -0.3 is 10.2 Å². The lowest BCUT2D eigenvalue weighted by Crippen LogP contribution is -1.98. The van der Waals surface area contributed by atoms with Crippen LogP contribution in [0.3, 0.4) is 0 Å². The topological polar surface area (TPSA) is 40.5 Å². The summed E-state index contributed by atoms with van der Waals surface area (Å²) in [5, 5.41) is 18.5. The van der Waals surface area contributed by atoms with E-state index in [4.69, 9.17) is 5.11 Å². The third-order valence-corrected chi connectivity index (χ3v) is 2.83. The molecule has 1 aromatic rings. The van der Waals surface area contributed by atoms with Crippen molar-refractivity contribution in [2.75, 3.05) is 12.9 Å². The second-order valence-corrected chi connectivity index (χ2v) is 3.86. The maximum Gasteiger partial charge on any atom is 0.129 e. The van der Waals surface area contributed by atoms with Crippen molar-refractivity contribution in [3.8, 4) is 5.75 Å². The molecule has 0 amide bonds. The lowest BCUT2D eigenvalue weighted by molar-refractivity contribution is 0.273.